The van der Waals surface area contributed by atoms with E-state index in [1.807, 2.05) is 16.4 Å². The van der Waals surface area contributed by atoms with Crippen LogP contribution in [0.15, 0.2) is 0 Å². The molecule has 4 atom stereocenters. The Bertz CT molecular complexity index is 838. The second-order valence-corrected chi connectivity index (χ2v) is 20.7. The number of hydrogen-bond donors (Lipinski definition) is 0. The van der Waals surface area contributed by atoms with Gasteiger partial charge >= 0.3 is 0 Å². The van der Waals surface area contributed by atoms with E-state index in [0.29, 0.717) is 21.1 Å². The van der Waals surface area contributed by atoms with Gasteiger partial charge in [0.1, 0.15) is 0 Å². The molecule has 0 saturated heterocycles. The molecule has 3 heterocycles. The lowest BCUT2D eigenvalue weighted by atomic mass is 9.66. The first-order valence-corrected chi connectivity index (χ1v) is 18.6. The summed E-state index contributed by atoms with van der Waals surface area (Å²) in [6.07, 6.45) is 27.6. The fraction of sp³-hybridized carbons (Fsp3) is 0.935. The molecule has 34 heavy (non-hydrogen) atoms. The van der Waals surface area contributed by atoms with Crippen LogP contribution in [0, 0.1) is 34.0 Å². The van der Waals surface area contributed by atoms with E-state index in [1.165, 1.54) is 83.5 Å². The molecule has 0 nitrogen and oxygen atoms in total. The molecule has 0 amide bonds. The van der Waals surface area contributed by atoms with Gasteiger partial charge in [0.2, 0.25) is 0 Å². The second kappa shape index (κ2) is 8.38. The molecule has 0 unspecified atom stereocenters. The van der Waals surface area contributed by atoms with E-state index in [1.54, 1.807) is 32.1 Å². The summed E-state index contributed by atoms with van der Waals surface area (Å²) in [5.41, 5.74) is 2.84. The molecule has 3 heteroatoms. The Morgan fingerprint density at radius 3 is 1.62 bits per heavy atom. The van der Waals surface area contributed by atoms with Crippen LogP contribution in [0.4, 0.5) is 0 Å². The minimum atomic E-state index is 0.00494. The number of fused-ring (bicyclic) bond motifs is 2. The molecule has 4 bridgehead atoms. The van der Waals surface area contributed by atoms with Crippen molar-refractivity contribution in [1.82, 2.24) is 0 Å². The fourth-order valence-electron chi connectivity index (χ4n) is 10.5. The summed E-state index contributed by atoms with van der Waals surface area (Å²) in [5, 5.41) is 4.40. The van der Waals surface area contributed by atoms with Crippen LogP contribution in [0.3, 0.4) is 0 Å². The Kier molecular flexibility index (Phi) is 5.88. The van der Waals surface area contributed by atoms with E-state index in [4.69, 9.17) is 0 Å². The van der Waals surface area contributed by atoms with Crippen LogP contribution in [0.25, 0.3) is 0 Å². The Hall–Kier alpha value is 0.770. The zero-order valence-corrected chi connectivity index (χ0v) is 25.1. The topological polar surface area (TPSA) is 0 Å². The first-order chi connectivity index (χ1) is 16.4. The van der Waals surface area contributed by atoms with Crippen LogP contribution < -0.4 is 0 Å². The van der Waals surface area contributed by atoms with E-state index in [2.05, 4.69) is 30.8 Å². The van der Waals surface area contributed by atoms with Crippen molar-refractivity contribution in [2.75, 3.05) is 0 Å². The Morgan fingerprint density at radius 1 is 0.618 bits per heavy atom. The lowest BCUT2D eigenvalue weighted by Crippen LogP contribution is -2.58. The molecule has 5 saturated carbocycles. The maximum Gasteiger partial charge on any atom is 0.0633 e. The zero-order valence-electron chi connectivity index (χ0n) is 22.4. The molecule has 0 aromatic rings. The van der Waals surface area contributed by atoms with Gasteiger partial charge in [0.25, 0.3) is 0 Å². The minimum Gasteiger partial charge on any atom is -0.0826 e. The molecular formula is C31H49P3. The smallest absolute Gasteiger partial charge is 0.0633 e. The van der Waals surface area contributed by atoms with E-state index in [-0.39, 0.29) is 7.92 Å². The molecular weight excluding hydrogens is 465 g/mol. The van der Waals surface area contributed by atoms with Gasteiger partial charge < -0.3 is 0 Å². The molecule has 188 valence electrons. The van der Waals surface area contributed by atoms with Gasteiger partial charge in [0.05, 0.1) is 4.90 Å². The largest absolute Gasteiger partial charge is 0.0826 e. The summed E-state index contributed by atoms with van der Waals surface area (Å²) in [4.78, 5) is 0.584. The summed E-state index contributed by atoms with van der Waals surface area (Å²) in [6, 6.07) is 0. The molecule has 8 rings (SSSR count). The van der Waals surface area contributed by atoms with E-state index in [9.17, 15) is 0 Å². The summed E-state index contributed by atoms with van der Waals surface area (Å²) < 4.78 is 0. The van der Waals surface area contributed by atoms with Crippen molar-refractivity contribution >= 4 is 34.4 Å². The lowest BCUT2D eigenvalue weighted by Gasteiger charge is -2.65. The average molecular weight is 515 g/mol. The first-order valence-electron chi connectivity index (χ1n) is 15.4. The van der Waals surface area contributed by atoms with Crippen LogP contribution >= 0.6 is 24.3 Å². The van der Waals surface area contributed by atoms with Crippen molar-refractivity contribution in [3.05, 3.63) is 0 Å². The van der Waals surface area contributed by atoms with Crippen LogP contribution in [0.1, 0.15) is 136 Å². The molecule has 0 aromatic carbocycles. The van der Waals surface area contributed by atoms with Crippen molar-refractivity contribution in [2.45, 2.75) is 147 Å². The Labute approximate surface area is 214 Å². The van der Waals surface area contributed by atoms with Crippen molar-refractivity contribution in [2.24, 2.45) is 34.0 Å². The highest BCUT2D eigenvalue weighted by Crippen LogP contribution is 2.84. The maximum atomic E-state index is 2.84. The summed E-state index contributed by atoms with van der Waals surface area (Å²) in [5.74, 6) is 3.29. The highest BCUT2D eigenvalue weighted by atomic mass is 31.2. The van der Waals surface area contributed by atoms with Gasteiger partial charge in [0.15, 0.2) is 0 Å². The van der Waals surface area contributed by atoms with Gasteiger partial charge in [-0.15, -0.1) is 0 Å². The predicted octanol–water partition coefficient (Wildman–Crippen LogP) is 10.7. The van der Waals surface area contributed by atoms with Crippen LogP contribution in [0.2, 0.25) is 0 Å². The molecule has 0 aromatic heterocycles. The van der Waals surface area contributed by atoms with Crippen LogP contribution in [-0.2, 0) is 0 Å². The SMILES string of the molecule is CC1(C2=PC3(C4(C)CCCCC4)P=C(C4(C)CCCCC4)P2[C@H]2[C@@H]4CC[C@@H](C4)[C@H]23)CCCCC1. The van der Waals surface area contributed by atoms with Gasteiger partial charge in [-0.05, 0) is 115 Å². The van der Waals surface area contributed by atoms with Gasteiger partial charge in [0, 0.05) is 0 Å². The quantitative estimate of drug-likeness (QED) is 0.329. The molecule has 3 aliphatic heterocycles. The monoisotopic (exact) mass is 514 g/mol. The molecule has 8 aliphatic rings. The summed E-state index contributed by atoms with van der Waals surface area (Å²) in [6.45, 7) is 8.42. The van der Waals surface area contributed by atoms with Crippen molar-refractivity contribution in [3.63, 3.8) is 0 Å². The minimum absolute atomic E-state index is 0.00494. The third kappa shape index (κ3) is 3.26. The first kappa shape index (κ1) is 23.9. The fourth-order valence-corrected chi connectivity index (χ4v) is 23.0. The van der Waals surface area contributed by atoms with E-state index in [0.717, 1.165) is 23.4 Å². The average Bonchev–Trinajstić information content (AvgIpc) is 3.49. The Morgan fingerprint density at radius 2 is 1.09 bits per heavy atom. The summed E-state index contributed by atoms with van der Waals surface area (Å²) >= 11 is 0. The van der Waals surface area contributed by atoms with Gasteiger partial charge in [-0.2, -0.15) is 0 Å². The predicted molar refractivity (Wildman–Crippen MR) is 155 cm³/mol. The van der Waals surface area contributed by atoms with E-state index < -0.39 is 0 Å². The molecule has 0 radical (unpaired) electrons. The Balaban J connectivity index is 1.45. The highest BCUT2D eigenvalue weighted by molar-refractivity contribution is 8.06. The number of rotatable bonds is 3. The van der Waals surface area contributed by atoms with Crippen molar-refractivity contribution in [3.8, 4) is 0 Å². The van der Waals surface area contributed by atoms with Gasteiger partial charge in [-0.3, -0.25) is 0 Å². The molecule has 5 fully saturated rings. The van der Waals surface area contributed by atoms with Gasteiger partial charge in [-0.25, -0.2) is 0 Å². The van der Waals surface area contributed by atoms with Gasteiger partial charge in [-0.1, -0.05) is 95.0 Å². The van der Waals surface area contributed by atoms with E-state index >= 15 is 0 Å². The summed E-state index contributed by atoms with van der Waals surface area (Å²) in [7, 11) is 3.87. The number of hydrogen-bond acceptors (Lipinski definition) is 0. The molecule has 0 N–H and O–H groups in total. The molecule has 5 aliphatic carbocycles. The van der Waals surface area contributed by atoms with Crippen molar-refractivity contribution < 1.29 is 0 Å². The maximum absolute atomic E-state index is 2.84. The highest BCUT2D eigenvalue weighted by Gasteiger charge is 2.70. The zero-order chi connectivity index (χ0) is 23.2. The van der Waals surface area contributed by atoms with Crippen LogP contribution in [0.5, 0.6) is 0 Å². The normalized spacial score (nSPS) is 47.0. The third-order valence-corrected chi connectivity index (χ3v) is 22.2. The standard InChI is InChI=1S/C31H49P3/c1-28(15-7-4-8-16-28)26-32-31(30(3)19-11-6-12-20-30)24-22-13-14-23(21-22)25(24)34(26)27(33-31)29(2)17-9-5-10-18-29/h22-25H,4-21H2,1-3H3/t22-,23+,24+,25-,31?,34?/m0/s1. The van der Waals surface area contributed by atoms with Crippen molar-refractivity contribution in [1.29, 1.82) is 0 Å². The lowest BCUT2D eigenvalue weighted by molar-refractivity contribution is 0.129. The second-order valence-electron chi connectivity index (χ2n) is 14.7. The van der Waals surface area contributed by atoms with Crippen LogP contribution in [-0.4, -0.2) is 20.6 Å². The third-order valence-electron chi connectivity index (χ3n) is 12.5. The molecule has 0 spiro atoms.